The molecule has 18 heavy (non-hydrogen) atoms. The quantitative estimate of drug-likeness (QED) is 0.565. The highest BCUT2D eigenvalue weighted by Gasteiger charge is 2.20. The molecule has 0 bridgehead atoms. The summed E-state index contributed by atoms with van der Waals surface area (Å²) in [6, 6.07) is 4.81. The third-order valence-corrected chi connectivity index (χ3v) is 3.13. The van der Waals surface area contributed by atoms with Gasteiger partial charge in [0.05, 0.1) is 6.61 Å². The first-order valence-corrected chi connectivity index (χ1v) is 6.73. The molecule has 0 radical (unpaired) electrons. The normalized spacial score (nSPS) is 14.5. The molecule has 3 nitrogen and oxygen atoms in total. The Hall–Kier alpha value is -1.35. The number of pyridine rings is 1. The van der Waals surface area contributed by atoms with E-state index in [0.29, 0.717) is 6.61 Å². The number of rotatable bonds is 8. The summed E-state index contributed by atoms with van der Waals surface area (Å²) in [4.78, 5) is 4.48. The predicted molar refractivity (Wildman–Crippen MR) is 73.8 cm³/mol. The molecule has 0 spiro atoms. The van der Waals surface area contributed by atoms with Crippen LogP contribution in [0.3, 0.4) is 0 Å². The van der Waals surface area contributed by atoms with E-state index >= 15 is 0 Å². The van der Waals surface area contributed by atoms with Crippen LogP contribution in [0.4, 0.5) is 0 Å². The molecular weight excluding hydrogens is 224 g/mol. The Kier molecular flexibility index (Phi) is 4.76. The standard InChI is InChI=1S/C15H22N2O/c1-3-4-5-10-18-15-9-6-13(12(2)17-15)11-16-14-7-8-14/h3,6,9,14,16H,1,4-5,7-8,10-11H2,2H3. The van der Waals surface area contributed by atoms with E-state index in [1.807, 2.05) is 19.1 Å². The number of unbranched alkanes of at least 4 members (excludes halogenated alkanes) is 1. The van der Waals surface area contributed by atoms with E-state index in [1.165, 1.54) is 18.4 Å². The van der Waals surface area contributed by atoms with Crippen molar-refractivity contribution in [3.8, 4) is 5.88 Å². The average Bonchev–Trinajstić information content (AvgIpc) is 3.18. The zero-order valence-electron chi connectivity index (χ0n) is 11.1. The lowest BCUT2D eigenvalue weighted by atomic mass is 10.2. The van der Waals surface area contributed by atoms with Crippen molar-refractivity contribution in [3.05, 3.63) is 36.0 Å². The fourth-order valence-electron chi connectivity index (χ4n) is 1.78. The van der Waals surface area contributed by atoms with Gasteiger partial charge in [-0.05, 0) is 38.2 Å². The van der Waals surface area contributed by atoms with Gasteiger partial charge in [0, 0.05) is 24.3 Å². The van der Waals surface area contributed by atoms with Crippen LogP contribution in [0.15, 0.2) is 24.8 Å². The second kappa shape index (κ2) is 6.55. The number of nitrogens with one attached hydrogen (secondary N) is 1. The number of allylic oxidation sites excluding steroid dienone is 1. The molecule has 0 saturated heterocycles. The Balaban J connectivity index is 1.81. The molecule has 1 aromatic heterocycles. The lowest BCUT2D eigenvalue weighted by Gasteiger charge is -2.09. The van der Waals surface area contributed by atoms with Crippen LogP contribution in [0.1, 0.15) is 36.9 Å². The van der Waals surface area contributed by atoms with Gasteiger partial charge in [0.1, 0.15) is 0 Å². The lowest BCUT2D eigenvalue weighted by Crippen LogP contribution is -2.16. The molecule has 0 atom stereocenters. The molecule has 0 aromatic carbocycles. The smallest absolute Gasteiger partial charge is 0.213 e. The van der Waals surface area contributed by atoms with Crippen LogP contribution in [-0.2, 0) is 6.54 Å². The van der Waals surface area contributed by atoms with Gasteiger partial charge < -0.3 is 10.1 Å². The van der Waals surface area contributed by atoms with Gasteiger partial charge in [-0.1, -0.05) is 12.1 Å². The van der Waals surface area contributed by atoms with Gasteiger partial charge in [-0.3, -0.25) is 0 Å². The Bertz CT molecular complexity index is 399. The van der Waals surface area contributed by atoms with Crippen molar-refractivity contribution in [2.24, 2.45) is 0 Å². The van der Waals surface area contributed by atoms with Crippen LogP contribution in [0.25, 0.3) is 0 Å². The molecular formula is C15H22N2O. The monoisotopic (exact) mass is 246 g/mol. The van der Waals surface area contributed by atoms with Gasteiger partial charge in [-0.15, -0.1) is 6.58 Å². The highest BCUT2D eigenvalue weighted by Crippen LogP contribution is 2.20. The molecule has 3 heteroatoms. The van der Waals surface area contributed by atoms with E-state index in [9.17, 15) is 0 Å². The average molecular weight is 246 g/mol. The Morgan fingerprint density at radius 1 is 1.50 bits per heavy atom. The number of hydrogen-bond acceptors (Lipinski definition) is 3. The van der Waals surface area contributed by atoms with Gasteiger partial charge in [-0.25, -0.2) is 4.98 Å². The van der Waals surface area contributed by atoms with Crippen LogP contribution in [0.2, 0.25) is 0 Å². The highest BCUT2D eigenvalue weighted by molar-refractivity contribution is 5.25. The summed E-state index contributed by atoms with van der Waals surface area (Å²) in [6.45, 7) is 7.36. The van der Waals surface area contributed by atoms with E-state index in [0.717, 1.165) is 37.0 Å². The molecule has 98 valence electrons. The van der Waals surface area contributed by atoms with Gasteiger partial charge in [0.15, 0.2) is 0 Å². The molecule has 0 aliphatic heterocycles. The minimum atomic E-state index is 0.706. The minimum absolute atomic E-state index is 0.706. The summed E-state index contributed by atoms with van der Waals surface area (Å²) >= 11 is 0. The maximum atomic E-state index is 5.60. The van der Waals surface area contributed by atoms with Gasteiger partial charge >= 0.3 is 0 Å². The second-order valence-electron chi connectivity index (χ2n) is 4.83. The third-order valence-electron chi connectivity index (χ3n) is 3.13. The Morgan fingerprint density at radius 3 is 3.00 bits per heavy atom. The summed E-state index contributed by atoms with van der Waals surface area (Å²) in [7, 11) is 0. The van der Waals surface area contributed by atoms with Crippen molar-refractivity contribution >= 4 is 0 Å². The summed E-state index contributed by atoms with van der Waals surface area (Å²) < 4.78 is 5.60. The number of ether oxygens (including phenoxy) is 1. The third kappa shape index (κ3) is 4.15. The maximum Gasteiger partial charge on any atom is 0.213 e. The van der Waals surface area contributed by atoms with Gasteiger partial charge in [0.2, 0.25) is 5.88 Å². The fourth-order valence-corrected chi connectivity index (χ4v) is 1.78. The predicted octanol–water partition coefficient (Wildman–Crippen LogP) is 2.99. The SMILES string of the molecule is C=CCCCOc1ccc(CNC2CC2)c(C)n1. The summed E-state index contributed by atoms with van der Waals surface area (Å²) in [5.41, 5.74) is 2.32. The molecule has 1 saturated carbocycles. The van der Waals surface area contributed by atoms with Crippen LogP contribution in [0.5, 0.6) is 5.88 Å². The van der Waals surface area contributed by atoms with Crippen molar-refractivity contribution in [2.75, 3.05) is 6.61 Å². The van der Waals surface area contributed by atoms with Gasteiger partial charge in [0.25, 0.3) is 0 Å². The zero-order chi connectivity index (χ0) is 12.8. The Labute approximate surface area is 109 Å². The van der Waals surface area contributed by atoms with Crippen LogP contribution < -0.4 is 10.1 Å². The topological polar surface area (TPSA) is 34.1 Å². The minimum Gasteiger partial charge on any atom is -0.478 e. The molecule has 1 aliphatic carbocycles. The number of hydrogen-bond donors (Lipinski definition) is 1. The van der Waals surface area contributed by atoms with Crippen molar-refractivity contribution in [2.45, 2.75) is 45.2 Å². The zero-order valence-corrected chi connectivity index (χ0v) is 11.1. The number of aromatic nitrogens is 1. The van der Waals surface area contributed by atoms with E-state index in [4.69, 9.17) is 4.74 Å². The molecule has 0 unspecified atom stereocenters. The van der Waals surface area contributed by atoms with Crippen molar-refractivity contribution < 1.29 is 4.74 Å². The van der Waals surface area contributed by atoms with Crippen LogP contribution in [0, 0.1) is 6.92 Å². The molecule has 1 fully saturated rings. The molecule has 1 heterocycles. The number of nitrogens with zero attached hydrogens (tertiary/aromatic N) is 1. The van der Waals surface area contributed by atoms with Crippen molar-refractivity contribution in [3.63, 3.8) is 0 Å². The summed E-state index contributed by atoms with van der Waals surface area (Å²) in [6.07, 6.45) is 6.53. The first kappa shape index (κ1) is 13.1. The summed E-state index contributed by atoms with van der Waals surface area (Å²) in [5, 5.41) is 3.50. The van der Waals surface area contributed by atoms with Crippen LogP contribution >= 0.6 is 0 Å². The first-order chi connectivity index (χ1) is 8.79. The van der Waals surface area contributed by atoms with Crippen LogP contribution in [-0.4, -0.2) is 17.6 Å². The van der Waals surface area contributed by atoms with Crippen molar-refractivity contribution in [1.82, 2.24) is 10.3 Å². The van der Waals surface area contributed by atoms with E-state index in [-0.39, 0.29) is 0 Å². The lowest BCUT2D eigenvalue weighted by molar-refractivity contribution is 0.299. The van der Waals surface area contributed by atoms with E-state index < -0.39 is 0 Å². The second-order valence-corrected chi connectivity index (χ2v) is 4.83. The number of aryl methyl sites for hydroxylation is 1. The molecule has 2 rings (SSSR count). The van der Waals surface area contributed by atoms with E-state index in [2.05, 4.69) is 22.9 Å². The summed E-state index contributed by atoms with van der Waals surface area (Å²) in [5.74, 6) is 0.728. The fraction of sp³-hybridized carbons (Fsp3) is 0.533. The van der Waals surface area contributed by atoms with E-state index in [1.54, 1.807) is 0 Å². The molecule has 1 aliphatic rings. The first-order valence-electron chi connectivity index (χ1n) is 6.73. The van der Waals surface area contributed by atoms with Gasteiger partial charge in [-0.2, -0.15) is 0 Å². The molecule has 1 N–H and O–H groups in total. The molecule has 0 amide bonds. The highest BCUT2D eigenvalue weighted by atomic mass is 16.5. The Morgan fingerprint density at radius 2 is 2.33 bits per heavy atom. The van der Waals surface area contributed by atoms with Crippen molar-refractivity contribution in [1.29, 1.82) is 0 Å². The molecule has 1 aromatic rings. The largest absolute Gasteiger partial charge is 0.478 e. The maximum absolute atomic E-state index is 5.60.